The quantitative estimate of drug-likeness (QED) is 0.674. The van der Waals surface area contributed by atoms with Gasteiger partial charge in [-0.1, -0.05) is 19.8 Å². The third-order valence-electron chi connectivity index (χ3n) is 2.84. The van der Waals surface area contributed by atoms with Gasteiger partial charge in [0.25, 0.3) is 0 Å². The molecule has 1 aliphatic rings. The zero-order valence-electron chi connectivity index (χ0n) is 7.55. The van der Waals surface area contributed by atoms with Gasteiger partial charge < -0.3 is 10.8 Å². The maximum atomic E-state index is 10.5. The van der Waals surface area contributed by atoms with Crippen LogP contribution in [0.1, 0.15) is 39.0 Å². The Morgan fingerprint density at radius 3 is 2.50 bits per heavy atom. The molecule has 3 nitrogen and oxygen atoms in total. The normalized spacial score (nSPS) is 23.8. The lowest BCUT2D eigenvalue weighted by atomic mass is 9.82. The van der Waals surface area contributed by atoms with Crippen molar-refractivity contribution in [1.29, 1.82) is 0 Å². The van der Waals surface area contributed by atoms with Crippen LogP contribution in [0.15, 0.2) is 0 Å². The lowest BCUT2D eigenvalue weighted by Gasteiger charge is -2.25. The van der Waals surface area contributed by atoms with Gasteiger partial charge in [-0.25, -0.2) is 0 Å². The number of aliphatic carboxylic acids is 1. The molecule has 70 valence electrons. The summed E-state index contributed by atoms with van der Waals surface area (Å²) in [4.78, 5) is 10.5. The highest BCUT2D eigenvalue weighted by Crippen LogP contribution is 2.40. The van der Waals surface area contributed by atoms with E-state index < -0.39 is 12.0 Å². The van der Waals surface area contributed by atoms with Crippen LogP contribution < -0.4 is 5.73 Å². The highest BCUT2D eigenvalue weighted by molar-refractivity contribution is 5.73. The Morgan fingerprint density at radius 1 is 1.58 bits per heavy atom. The second-order valence-electron chi connectivity index (χ2n) is 4.17. The summed E-state index contributed by atoms with van der Waals surface area (Å²) in [5.74, 6) is -0.872. The minimum Gasteiger partial charge on any atom is -0.480 e. The third-order valence-corrected chi connectivity index (χ3v) is 2.84. The van der Waals surface area contributed by atoms with Crippen molar-refractivity contribution in [3.05, 3.63) is 0 Å². The maximum absolute atomic E-state index is 10.5. The fourth-order valence-corrected chi connectivity index (χ4v) is 2.05. The van der Waals surface area contributed by atoms with Gasteiger partial charge in [0.2, 0.25) is 0 Å². The average molecular weight is 171 g/mol. The predicted molar refractivity (Wildman–Crippen MR) is 46.8 cm³/mol. The van der Waals surface area contributed by atoms with Crippen LogP contribution in [0.3, 0.4) is 0 Å². The van der Waals surface area contributed by atoms with E-state index in [4.69, 9.17) is 10.8 Å². The first-order chi connectivity index (χ1) is 5.53. The maximum Gasteiger partial charge on any atom is 0.320 e. The van der Waals surface area contributed by atoms with E-state index in [-0.39, 0.29) is 5.41 Å². The van der Waals surface area contributed by atoms with Crippen molar-refractivity contribution in [3.8, 4) is 0 Å². The average Bonchev–Trinajstić information content (AvgIpc) is 2.35. The van der Waals surface area contributed by atoms with Crippen LogP contribution in [0.4, 0.5) is 0 Å². The molecule has 0 spiro atoms. The Bertz CT molecular complexity index is 173. The van der Waals surface area contributed by atoms with E-state index in [2.05, 4.69) is 6.92 Å². The molecule has 0 heterocycles. The van der Waals surface area contributed by atoms with Gasteiger partial charge in [0.05, 0.1) is 0 Å². The number of rotatable bonds is 3. The summed E-state index contributed by atoms with van der Waals surface area (Å²) in [6.07, 6.45) is 5.34. The molecule has 1 rings (SSSR count). The topological polar surface area (TPSA) is 63.3 Å². The van der Waals surface area contributed by atoms with Gasteiger partial charge in [-0.05, 0) is 24.7 Å². The second kappa shape index (κ2) is 3.44. The molecule has 3 heteroatoms. The number of carbonyl (C=O) groups is 1. The fourth-order valence-electron chi connectivity index (χ4n) is 2.05. The van der Waals surface area contributed by atoms with Crippen LogP contribution in [0.25, 0.3) is 0 Å². The van der Waals surface area contributed by atoms with Crippen molar-refractivity contribution in [3.63, 3.8) is 0 Å². The molecule has 1 atom stereocenters. The molecule has 0 aromatic heterocycles. The summed E-state index contributed by atoms with van der Waals surface area (Å²) in [6.45, 7) is 2.14. The van der Waals surface area contributed by atoms with Gasteiger partial charge in [-0.2, -0.15) is 0 Å². The Kier molecular flexibility index (Phi) is 2.73. The summed E-state index contributed by atoms with van der Waals surface area (Å²) in [6, 6.07) is -0.673. The number of hydrogen-bond acceptors (Lipinski definition) is 2. The van der Waals surface area contributed by atoms with Crippen LogP contribution in [0.2, 0.25) is 0 Å². The molecule has 0 aromatic rings. The molecule has 0 aliphatic heterocycles. The van der Waals surface area contributed by atoms with Gasteiger partial charge in [0.15, 0.2) is 0 Å². The summed E-state index contributed by atoms with van der Waals surface area (Å²) in [7, 11) is 0. The lowest BCUT2D eigenvalue weighted by molar-refractivity contribution is -0.139. The monoisotopic (exact) mass is 171 g/mol. The Labute approximate surface area is 72.9 Å². The van der Waals surface area contributed by atoms with E-state index in [9.17, 15) is 4.79 Å². The molecule has 0 unspecified atom stereocenters. The molecular weight excluding hydrogens is 154 g/mol. The molecule has 0 radical (unpaired) electrons. The van der Waals surface area contributed by atoms with Gasteiger partial charge in [0, 0.05) is 0 Å². The van der Waals surface area contributed by atoms with Crippen molar-refractivity contribution in [2.24, 2.45) is 11.1 Å². The zero-order chi connectivity index (χ0) is 9.19. The summed E-state index contributed by atoms with van der Waals surface area (Å²) >= 11 is 0. The van der Waals surface area contributed by atoms with Crippen molar-refractivity contribution >= 4 is 5.97 Å². The highest BCUT2D eigenvalue weighted by atomic mass is 16.4. The molecular formula is C9H17NO2. The second-order valence-corrected chi connectivity index (χ2v) is 4.17. The standard InChI is InChI=1S/C9H17NO2/c1-9(4-2-3-5-9)6-7(10)8(11)12/h7H,2-6,10H2,1H3,(H,11,12)/t7-/m0/s1. The molecule has 1 aliphatic carbocycles. The van der Waals surface area contributed by atoms with Crippen molar-refractivity contribution in [2.45, 2.75) is 45.1 Å². The zero-order valence-corrected chi connectivity index (χ0v) is 7.55. The highest BCUT2D eigenvalue weighted by Gasteiger charge is 2.32. The van der Waals surface area contributed by atoms with E-state index in [1.54, 1.807) is 0 Å². The van der Waals surface area contributed by atoms with Crippen molar-refractivity contribution < 1.29 is 9.90 Å². The predicted octanol–water partition coefficient (Wildman–Crippen LogP) is 1.37. The van der Waals surface area contributed by atoms with Crippen LogP contribution in [-0.4, -0.2) is 17.1 Å². The first-order valence-corrected chi connectivity index (χ1v) is 4.52. The first-order valence-electron chi connectivity index (χ1n) is 4.52. The van der Waals surface area contributed by atoms with Crippen LogP contribution in [0.5, 0.6) is 0 Å². The number of hydrogen-bond donors (Lipinski definition) is 2. The summed E-state index contributed by atoms with van der Waals surface area (Å²) < 4.78 is 0. The lowest BCUT2D eigenvalue weighted by Crippen LogP contribution is -2.35. The van der Waals surface area contributed by atoms with Crippen LogP contribution in [0, 0.1) is 5.41 Å². The van der Waals surface area contributed by atoms with E-state index in [0.29, 0.717) is 6.42 Å². The molecule has 3 N–H and O–H groups in total. The van der Waals surface area contributed by atoms with Gasteiger partial charge >= 0.3 is 5.97 Å². The Balaban J connectivity index is 2.43. The molecule has 0 amide bonds. The molecule has 0 saturated heterocycles. The number of carboxylic acids is 1. The van der Waals surface area contributed by atoms with Gasteiger partial charge in [-0.3, -0.25) is 4.79 Å². The summed E-state index contributed by atoms with van der Waals surface area (Å²) in [5, 5.41) is 8.63. The van der Waals surface area contributed by atoms with E-state index in [1.807, 2.05) is 0 Å². The molecule has 0 bridgehead atoms. The van der Waals surface area contributed by atoms with Crippen molar-refractivity contribution in [2.75, 3.05) is 0 Å². The number of nitrogens with two attached hydrogens (primary N) is 1. The minimum absolute atomic E-state index is 0.192. The Morgan fingerprint density at radius 2 is 2.08 bits per heavy atom. The molecule has 0 aromatic carbocycles. The van der Waals surface area contributed by atoms with Gasteiger partial charge in [-0.15, -0.1) is 0 Å². The van der Waals surface area contributed by atoms with Crippen molar-refractivity contribution in [1.82, 2.24) is 0 Å². The third kappa shape index (κ3) is 2.21. The Hall–Kier alpha value is -0.570. The molecule has 1 saturated carbocycles. The van der Waals surface area contributed by atoms with Crippen LogP contribution in [-0.2, 0) is 4.79 Å². The molecule has 12 heavy (non-hydrogen) atoms. The fraction of sp³-hybridized carbons (Fsp3) is 0.889. The number of carboxylic acid groups (broad SMARTS) is 1. The van der Waals surface area contributed by atoms with E-state index in [0.717, 1.165) is 12.8 Å². The largest absolute Gasteiger partial charge is 0.480 e. The van der Waals surface area contributed by atoms with E-state index in [1.165, 1.54) is 12.8 Å². The summed E-state index contributed by atoms with van der Waals surface area (Å²) in [5.41, 5.74) is 5.67. The molecule has 1 fully saturated rings. The SMILES string of the molecule is CC1(C[C@H](N)C(=O)O)CCCC1. The van der Waals surface area contributed by atoms with Crippen LogP contribution >= 0.6 is 0 Å². The van der Waals surface area contributed by atoms with Gasteiger partial charge in [0.1, 0.15) is 6.04 Å². The minimum atomic E-state index is -0.872. The van der Waals surface area contributed by atoms with E-state index >= 15 is 0 Å². The first kappa shape index (κ1) is 9.52. The smallest absolute Gasteiger partial charge is 0.320 e.